The zero-order chi connectivity index (χ0) is 20.1. The topological polar surface area (TPSA) is 18.8 Å². The van der Waals surface area contributed by atoms with Crippen molar-refractivity contribution >= 4 is 28.1 Å². The van der Waals surface area contributed by atoms with E-state index in [-0.39, 0.29) is 0 Å². The maximum Gasteiger partial charge on any atom is 0.126 e. The number of aliphatic imine (C=N–C) groups is 1. The fourth-order valence-electron chi connectivity index (χ4n) is 7.13. The molecule has 4 heteroatoms. The first-order valence-electron chi connectivity index (χ1n) is 11.9. The van der Waals surface area contributed by atoms with E-state index in [4.69, 9.17) is 11.6 Å². The number of hydrogen-bond donors (Lipinski definition) is 0. The highest BCUT2D eigenvalue weighted by molar-refractivity contribution is 6.66. The summed E-state index contributed by atoms with van der Waals surface area (Å²) in [5, 5.41) is 0.735. The summed E-state index contributed by atoms with van der Waals surface area (Å²) in [6, 6.07) is 11.4. The van der Waals surface area contributed by atoms with Gasteiger partial charge in [0, 0.05) is 24.2 Å². The quantitative estimate of drug-likeness (QED) is 0.572. The first kappa shape index (κ1) is 19.9. The van der Waals surface area contributed by atoms with Gasteiger partial charge in [0.2, 0.25) is 0 Å². The Morgan fingerprint density at radius 1 is 0.862 bits per heavy atom. The smallest absolute Gasteiger partial charge is 0.126 e. The molecule has 1 aromatic rings. The fourth-order valence-corrected chi connectivity index (χ4v) is 7.35. The third kappa shape index (κ3) is 3.74. The Labute approximate surface area is 181 Å². The first-order chi connectivity index (χ1) is 14.0. The Hall–Kier alpha value is -1.06. The Kier molecular flexibility index (Phi) is 5.41. The molecule has 2 bridgehead atoms. The molecule has 5 rings (SSSR count). The fraction of sp³-hybridized carbons (Fsp3) is 0.720. The average Bonchev–Trinajstić information content (AvgIpc) is 2.69. The summed E-state index contributed by atoms with van der Waals surface area (Å²) in [5.41, 5.74) is 2.32. The van der Waals surface area contributed by atoms with E-state index in [1.807, 2.05) is 0 Å². The summed E-state index contributed by atoms with van der Waals surface area (Å²) in [6.07, 6.45) is 9.54. The molecule has 0 spiro atoms. The van der Waals surface area contributed by atoms with E-state index in [1.54, 1.807) is 0 Å². The highest BCUT2D eigenvalue weighted by Crippen LogP contribution is 2.46. The van der Waals surface area contributed by atoms with Gasteiger partial charge < -0.3 is 4.90 Å². The lowest BCUT2D eigenvalue weighted by Gasteiger charge is -2.58. The number of piperidine rings is 2. The number of halogens is 1. The minimum atomic E-state index is 0.577. The number of para-hydroxylation sites is 2. The molecule has 7 atom stereocenters. The molecule has 3 nitrogen and oxygen atoms in total. The lowest BCUT2D eigenvalue weighted by Crippen LogP contribution is -2.63. The van der Waals surface area contributed by atoms with Gasteiger partial charge in [0.25, 0.3) is 0 Å². The van der Waals surface area contributed by atoms with Crippen LogP contribution in [0.15, 0.2) is 29.3 Å². The van der Waals surface area contributed by atoms with Gasteiger partial charge in [-0.2, -0.15) is 0 Å². The third-order valence-corrected chi connectivity index (χ3v) is 8.43. The Morgan fingerprint density at radius 2 is 1.62 bits per heavy atom. The SMILES string of the molecule is C[C@@H]1C[C@H](C)C[C@@H](N2[C@H]3CC[C@@H](C)[C@@H]2C[C@H](N2CC(Cl)=Nc4ccccc42)C3)C1. The van der Waals surface area contributed by atoms with E-state index in [9.17, 15) is 0 Å². The monoisotopic (exact) mass is 413 g/mol. The first-order valence-corrected chi connectivity index (χ1v) is 12.2. The molecule has 2 saturated heterocycles. The van der Waals surface area contributed by atoms with Crippen LogP contribution in [0, 0.1) is 17.8 Å². The van der Waals surface area contributed by atoms with E-state index in [2.05, 4.69) is 59.8 Å². The van der Waals surface area contributed by atoms with Crippen LogP contribution in [0.2, 0.25) is 0 Å². The van der Waals surface area contributed by atoms with Gasteiger partial charge in [-0.1, -0.05) is 44.5 Å². The molecule has 0 aromatic heterocycles. The van der Waals surface area contributed by atoms with Crippen molar-refractivity contribution in [2.75, 3.05) is 11.4 Å². The Bertz CT molecular complexity index is 767. The highest BCUT2D eigenvalue weighted by Gasteiger charge is 2.47. The van der Waals surface area contributed by atoms with Gasteiger partial charge in [-0.15, -0.1) is 0 Å². The van der Waals surface area contributed by atoms with E-state index in [1.165, 1.54) is 50.6 Å². The van der Waals surface area contributed by atoms with Gasteiger partial charge in [-0.25, -0.2) is 4.99 Å². The largest absolute Gasteiger partial charge is 0.360 e. The summed E-state index contributed by atoms with van der Waals surface area (Å²) in [5.74, 6) is 2.55. The molecule has 4 aliphatic rings. The molecule has 1 aromatic carbocycles. The van der Waals surface area contributed by atoms with Crippen molar-refractivity contribution in [2.45, 2.75) is 89.9 Å². The Balaban J connectivity index is 1.41. The van der Waals surface area contributed by atoms with Crippen LogP contribution in [0.25, 0.3) is 0 Å². The molecule has 29 heavy (non-hydrogen) atoms. The number of fused-ring (bicyclic) bond motifs is 3. The number of nitrogens with zero attached hydrogens (tertiary/aromatic N) is 3. The average molecular weight is 414 g/mol. The zero-order valence-electron chi connectivity index (χ0n) is 18.2. The van der Waals surface area contributed by atoms with Gasteiger partial charge in [-0.3, -0.25) is 4.90 Å². The highest BCUT2D eigenvalue weighted by atomic mass is 35.5. The van der Waals surface area contributed by atoms with Crippen LogP contribution in [-0.2, 0) is 0 Å². The molecule has 1 aliphatic carbocycles. The van der Waals surface area contributed by atoms with E-state index in [0.29, 0.717) is 6.04 Å². The summed E-state index contributed by atoms with van der Waals surface area (Å²) in [6.45, 7) is 8.22. The summed E-state index contributed by atoms with van der Waals surface area (Å²) < 4.78 is 0. The lowest BCUT2D eigenvalue weighted by atomic mass is 9.71. The molecule has 0 N–H and O–H groups in total. The van der Waals surface area contributed by atoms with Gasteiger partial charge in [-0.05, 0) is 74.8 Å². The molecule has 3 aliphatic heterocycles. The van der Waals surface area contributed by atoms with E-state index < -0.39 is 0 Å². The minimum Gasteiger partial charge on any atom is -0.360 e. The molecular formula is C25H36ClN3. The maximum atomic E-state index is 6.49. The summed E-state index contributed by atoms with van der Waals surface area (Å²) in [7, 11) is 0. The molecule has 158 valence electrons. The molecular weight excluding hydrogens is 378 g/mol. The summed E-state index contributed by atoms with van der Waals surface area (Å²) >= 11 is 6.49. The van der Waals surface area contributed by atoms with Crippen LogP contribution in [0.4, 0.5) is 11.4 Å². The summed E-state index contributed by atoms with van der Waals surface area (Å²) in [4.78, 5) is 10.2. The molecule has 3 heterocycles. The predicted octanol–water partition coefficient (Wildman–Crippen LogP) is 6.23. The molecule has 1 saturated carbocycles. The number of hydrogen-bond acceptors (Lipinski definition) is 3. The molecule has 0 amide bonds. The van der Waals surface area contributed by atoms with Gasteiger partial charge in [0.05, 0.1) is 17.9 Å². The molecule has 0 radical (unpaired) electrons. The van der Waals surface area contributed by atoms with Gasteiger partial charge in [0.15, 0.2) is 0 Å². The van der Waals surface area contributed by atoms with E-state index in [0.717, 1.165) is 53.3 Å². The second kappa shape index (κ2) is 7.89. The predicted molar refractivity (Wildman–Crippen MR) is 124 cm³/mol. The standard InChI is InChI=1S/C25H36ClN3/c1-16-10-17(2)12-21(11-16)29-19-9-8-18(3)24(29)14-20(13-19)28-15-25(26)27-22-6-4-5-7-23(22)28/h4-7,16-21,24H,8-15H2,1-3H3/t16-,17+,18-,19+,20-,21+,24+/m1/s1. The van der Waals surface area contributed by atoms with Crippen LogP contribution in [0.3, 0.4) is 0 Å². The second-order valence-corrected chi connectivity index (χ2v) is 11.0. The molecule has 0 unspecified atom stereocenters. The van der Waals surface area contributed by atoms with Crippen LogP contribution in [0.1, 0.15) is 65.7 Å². The van der Waals surface area contributed by atoms with Crippen LogP contribution in [0.5, 0.6) is 0 Å². The van der Waals surface area contributed by atoms with Crippen LogP contribution >= 0.6 is 11.6 Å². The van der Waals surface area contributed by atoms with Crippen molar-refractivity contribution in [3.8, 4) is 0 Å². The number of anilines is 1. The van der Waals surface area contributed by atoms with Crippen molar-refractivity contribution in [3.05, 3.63) is 24.3 Å². The van der Waals surface area contributed by atoms with Crippen molar-refractivity contribution in [3.63, 3.8) is 0 Å². The van der Waals surface area contributed by atoms with Crippen LogP contribution < -0.4 is 4.90 Å². The van der Waals surface area contributed by atoms with E-state index >= 15 is 0 Å². The second-order valence-electron chi connectivity index (χ2n) is 10.5. The molecule has 3 fully saturated rings. The third-order valence-electron chi connectivity index (χ3n) is 8.22. The number of rotatable bonds is 2. The van der Waals surface area contributed by atoms with Crippen molar-refractivity contribution in [1.82, 2.24) is 4.90 Å². The maximum absolute atomic E-state index is 6.49. The van der Waals surface area contributed by atoms with Gasteiger partial charge in [0.1, 0.15) is 5.17 Å². The van der Waals surface area contributed by atoms with Crippen molar-refractivity contribution in [1.29, 1.82) is 0 Å². The normalized spacial score (nSPS) is 40.3. The lowest BCUT2D eigenvalue weighted by molar-refractivity contribution is -0.0543. The number of benzene rings is 1. The zero-order valence-corrected chi connectivity index (χ0v) is 19.0. The minimum absolute atomic E-state index is 0.577. The van der Waals surface area contributed by atoms with Gasteiger partial charge >= 0.3 is 0 Å². The van der Waals surface area contributed by atoms with Crippen molar-refractivity contribution < 1.29 is 0 Å². The Morgan fingerprint density at radius 3 is 2.41 bits per heavy atom. The van der Waals surface area contributed by atoms with Crippen molar-refractivity contribution in [2.24, 2.45) is 22.7 Å². The van der Waals surface area contributed by atoms with Crippen LogP contribution in [-0.4, -0.2) is 40.8 Å².